The van der Waals surface area contributed by atoms with E-state index in [9.17, 15) is 9.59 Å². The third kappa shape index (κ3) is 8.53. The molecule has 0 spiro atoms. The van der Waals surface area contributed by atoms with Gasteiger partial charge < -0.3 is 24.4 Å². The van der Waals surface area contributed by atoms with E-state index in [-0.39, 0.29) is 31.0 Å². The SMILES string of the molecule is COc1cc(OC)cc(OCC(=O)N(Cc2ccc(Br)cc2)[C@H](Cc2ccccc2)C(=O)NC(C)C)c1. The molecule has 3 aromatic carbocycles. The third-order valence-electron chi connectivity index (χ3n) is 5.66. The van der Waals surface area contributed by atoms with Crippen LogP contribution in [0.5, 0.6) is 17.2 Å². The highest BCUT2D eigenvalue weighted by Crippen LogP contribution is 2.27. The first kappa shape index (κ1) is 28.1. The van der Waals surface area contributed by atoms with Crippen LogP contribution in [0.25, 0.3) is 0 Å². The number of halogens is 1. The maximum absolute atomic E-state index is 13.7. The summed E-state index contributed by atoms with van der Waals surface area (Å²) in [6.45, 7) is 3.79. The van der Waals surface area contributed by atoms with Crippen molar-refractivity contribution in [3.05, 3.63) is 88.4 Å². The van der Waals surface area contributed by atoms with Crippen LogP contribution in [0.3, 0.4) is 0 Å². The fourth-order valence-electron chi connectivity index (χ4n) is 3.81. The summed E-state index contributed by atoms with van der Waals surface area (Å²) in [6.07, 6.45) is 0.370. The summed E-state index contributed by atoms with van der Waals surface area (Å²) in [4.78, 5) is 28.7. The molecule has 0 saturated carbocycles. The molecule has 2 amide bonds. The van der Waals surface area contributed by atoms with Crippen molar-refractivity contribution in [1.82, 2.24) is 10.2 Å². The summed E-state index contributed by atoms with van der Waals surface area (Å²) in [7, 11) is 3.09. The fourth-order valence-corrected chi connectivity index (χ4v) is 4.08. The van der Waals surface area contributed by atoms with Crippen LogP contribution in [0.2, 0.25) is 0 Å². The zero-order valence-corrected chi connectivity index (χ0v) is 23.2. The second-order valence-electron chi connectivity index (χ2n) is 8.85. The maximum atomic E-state index is 13.7. The normalized spacial score (nSPS) is 11.5. The smallest absolute Gasteiger partial charge is 0.261 e. The van der Waals surface area contributed by atoms with E-state index in [0.717, 1.165) is 15.6 Å². The van der Waals surface area contributed by atoms with Crippen LogP contribution >= 0.6 is 15.9 Å². The highest BCUT2D eigenvalue weighted by atomic mass is 79.9. The van der Waals surface area contributed by atoms with Gasteiger partial charge >= 0.3 is 0 Å². The first-order valence-electron chi connectivity index (χ1n) is 12.0. The number of hydrogen-bond donors (Lipinski definition) is 1. The van der Waals surface area contributed by atoms with Gasteiger partial charge in [-0.05, 0) is 37.1 Å². The average molecular weight is 569 g/mol. The molecule has 0 fully saturated rings. The molecule has 7 nitrogen and oxygen atoms in total. The zero-order valence-electron chi connectivity index (χ0n) is 21.6. The van der Waals surface area contributed by atoms with E-state index in [1.165, 1.54) is 0 Å². The van der Waals surface area contributed by atoms with Gasteiger partial charge in [-0.3, -0.25) is 9.59 Å². The lowest BCUT2D eigenvalue weighted by atomic mass is 10.0. The Morgan fingerprint density at radius 2 is 1.46 bits per heavy atom. The lowest BCUT2D eigenvalue weighted by molar-refractivity contribution is -0.143. The lowest BCUT2D eigenvalue weighted by Crippen LogP contribution is -2.52. The topological polar surface area (TPSA) is 77.1 Å². The van der Waals surface area contributed by atoms with Crippen molar-refractivity contribution in [1.29, 1.82) is 0 Å². The molecule has 0 unspecified atom stereocenters. The maximum Gasteiger partial charge on any atom is 0.261 e. The number of amides is 2. The first-order valence-corrected chi connectivity index (χ1v) is 12.8. The van der Waals surface area contributed by atoms with Crippen molar-refractivity contribution < 1.29 is 23.8 Å². The summed E-state index contributed by atoms with van der Waals surface area (Å²) in [6, 6.07) is 21.6. The minimum atomic E-state index is -0.732. The van der Waals surface area contributed by atoms with E-state index in [2.05, 4.69) is 21.2 Å². The summed E-state index contributed by atoms with van der Waals surface area (Å²) in [5, 5.41) is 2.98. The van der Waals surface area contributed by atoms with E-state index in [0.29, 0.717) is 23.7 Å². The van der Waals surface area contributed by atoms with Gasteiger partial charge in [0.05, 0.1) is 14.2 Å². The van der Waals surface area contributed by atoms with Gasteiger partial charge in [0.15, 0.2) is 6.61 Å². The van der Waals surface area contributed by atoms with E-state index in [4.69, 9.17) is 14.2 Å². The number of hydrogen-bond acceptors (Lipinski definition) is 5. The van der Waals surface area contributed by atoms with Crippen LogP contribution in [0.1, 0.15) is 25.0 Å². The van der Waals surface area contributed by atoms with Gasteiger partial charge in [-0.25, -0.2) is 0 Å². The molecule has 3 rings (SSSR count). The molecule has 0 aliphatic heterocycles. The molecule has 1 N–H and O–H groups in total. The van der Waals surface area contributed by atoms with E-state index in [1.807, 2.05) is 68.4 Å². The highest BCUT2D eigenvalue weighted by Gasteiger charge is 2.31. The summed E-state index contributed by atoms with van der Waals surface area (Å²) >= 11 is 3.45. The zero-order chi connectivity index (χ0) is 26.8. The third-order valence-corrected chi connectivity index (χ3v) is 6.18. The largest absolute Gasteiger partial charge is 0.496 e. The van der Waals surface area contributed by atoms with Gasteiger partial charge in [-0.1, -0.05) is 58.4 Å². The minimum Gasteiger partial charge on any atom is -0.496 e. The Hall–Kier alpha value is -3.52. The van der Waals surface area contributed by atoms with Crippen LogP contribution in [0.15, 0.2) is 77.3 Å². The molecule has 0 aromatic heterocycles. The molecule has 37 heavy (non-hydrogen) atoms. The number of methoxy groups -OCH3 is 2. The lowest BCUT2D eigenvalue weighted by Gasteiger charge is -2.32. The van der Waals surface area contributed by atoms with Crippen molar-refractivity contribution in [2.45, 2.75) is 38.9 Å². The van der Waals surface area contributed by atoms with Crippen LogP contribution in [0, 0.1) is 0 Å². The molecule has 8 heteroatoms. The van der Waals surface area contributed by atoms with Crippen LogP contribution in [-0.2, 0) is 22.6 Å². The van der Waals surface area contributed by atoms with Gasteiger partial charge in [0.25, 0.3) is 5.91 Å². The Morgan fingerprint density at radius 1 is 0.865 bits per heavy atom. The first-order chi connectivity index (χ1) is 17.8. The Labute approximate surface area is 226 Å². The number of carbonyl (C=O) groups excluding carboxylic acids is 2. The number of nitrogens with one attached hydrogen (secondary N) is 1. The molecule has 3 aromatic rings. The second kappa shape index (κ2) is 13.7. The van der Waals surface area contributed by atoms with Crippen LogP contribution < -0.4 is 19.5 Å². The average Bonchev–Trinajstić information content (AvgIpc) is 2.90. The van der Waals surface area contributed by atoms with Gasteiger partial charge in [0.1, 0.15) is 23.3 Å². The molecule has 1 atom stereocenters. The molecule has 0 radical (unpaired) electrons. The molecule has 0 aliphatic carbocycles. The molecule has 0 heterocycles. The van der Waals surface area contributed by atoms with Crippen molar-refractivity contribution >= 4 is 27.7 Å². The van der Waals surface area contributed by atoms with Crippen molar-refractivity contribution in [2.24, 2.45) is 0 Å². The van der Waals surface area contributed by atoms with E-state index < -0.39 is 6.04 Å². The van der Waals surface area contributed by atoms with Gasteiger partial charge in [0, 0.05) is 41.7 Å². The standard InChI is InChI=1S/C29H33BrN2O5/c1-20(2)31-29(34)27(14-21-8-6-5-7-9-21)32(18-22-10-12-23(30)13-11-22)28(33)19-37-26-16-24(35-3)15-25(17-26)36-4/h5-13,15-17,20,27H,14,18-19H2,1-4H3,(H,31,34)/t27-/m1/s1. The Morgan fingerprint density at radius 3 is 2.03 bits per heavy atom. The highest BCUT2D eigenvalue weighted by molar-refractivity contribution is 9.10. The van der Waals surface area contributed by atoms with Gasteiger partial charge in [-0.2, -0.15) is 0 Å². The van der Waals surface area contributed by atoms with Crippen molar-refractivity contribution in [3.8, 4) is 17.2 Å². The predicted molar refractivity (Wildman–Crippen MR) is 147 cm³/mol. The summed E-state index contributed by atoms with van der Waals surface area (Å²) in [5.74, 6) is 0.995. The van der Waals surface area contributed by atoms with Gasteiger partial charge in [0.2, 0.25) is 5.91 Å². The van der Waals surface area contributed by atoms with Crippen molar-refractivity contribution in [2.75, 3.05) is 20.8 Å². The summed E-state index contributed by atoms with van der Waals surface area (Å²) in [5.41, 5.74) is 1.86. The second-order valence-corrected chi connectivity index (χ2v) is 9.77. The number of benzene rings is 3. The van der Waals surface area contributed by atoms with Crippen LogP contribution in [0.4, 0.5) is 0 Å². The number of nitrogens with zero attached hydrogens (tertiary/aromatic N) is 1. The number of ether oxygens (including phenoxy) is 3. The quantitative estimate of drug-likeness (QED) is 0.332. The Kier molecular flexibility index (Phi) is 10.4. The van der Waals surface area contributed by atoms with Crippen molar-refractivity contribution in [3.63, 3.8) is 0 Å². The summed E-state index contributed by atoms with van der Waals surface area (Å²) < 4.78 is 17.4. The molecular formula is C29H33BrN2O5. The monoisotopic (exact) mass is 568 g/mol. The molecule has 0 aliphatic rings. The fraction of sp³-hybridized carbons (Fsp3) is 0.310. The molecule has 0 saturated heterocycles. The van der Waals surface area contributed by atoms with E-state index in [1.54, 1.807) is 37.3 Å². The number of carbonyl (C=O) groups is 2. The Bertz CT molecular complexity index is 1150. The van der Waals surface area contributed by atoms with Crippen LogP contribution in [-0.4, -0.2) is 49.6 Å². The number of rotatable bonds is 12. The van der Waals surface area contributed by atoms with E-state index >= 15 is 0 Å². The minimum absolute atomic E-state index is 0.0732. The van der Waals surface area contributed by atoms with Gasteiger partial charge in [-0.15, -0.1) is 0 Å². The molecule has 196 valence electrons. The molecular weight excluding hydrogens is 536 g/mol. The Balaban J connectivity index is 1.91. The molecule has 0 bridgehead atoms. The predicted octanol–water partition coefficient (Wildman–Crippen LogP) is 5.01.